The van der Waals surface area contributed by atoms with Gasteiger partial charge in [-0.15, -0.1) is 0 Å². The number of hydrogen-bond acceptors (Lipinski definition) is 5. The van der Waals surface area contributed by atoms with E-state index in [-0.39, 0.29) is 5.28 Å². The molecule has 0 atom stereocenters. The van der Waals surface area contributed by atoms with Crippen LogP contribution >= 0.6 is 23.2 Å². The Hall–Kier alpha value is -0.620. The molecule has 1 fully saturated rings. The highest BCUT2D eigenvalue weighted by Crippen LogP contribution is 2.18. The SMILES string of the molecule is CON1CCC(Nc2cc(Cl)nc(Cl)n2)CC1. The number of aromatic nitrogens is 2. The normalized spacial score (nSPS) is 18.3. The van der Waals surface area contributed by atoms with E-state index in [1.165, 1.54) is 0 Å². The highest BCUT2D eigenvalue weighted by atomic mass is 35.5. The molecule has 0 saturated carbocycles. The van der Waals surface area contributed by atoms with Gasteiger partial charge in [0, 0.05) is 25.2 Å². The second-order valence-corrected chi connectivity index (χ2v) is 4.60. The lowest BCUT2D eigenvalue weighted by Gasteiger charge is -2.30. The fourth-order valence-electron chi connectivity index (χ4n) is 1.86. The largest absolute Gasteiger partial charge is 0.367 e. The minimum absolute atomic E-state index is 0.161. The van der Waals surface area contributed by atoms with Gasteiger partial charge in [-0.05, 0) is 24.4 Å². The molecule has 7 heteroatoms. The Morgan fingerprint density at radius 2 is 2.06 bits per heavy atom. The highest BCUT2D eigenvalue weighted by molar-refractivity contribution is 6.32. The molecule has 0 spiro atoms. The molecule has 1 aromatic heterocycles. The van der Waals surface area contributed by atoms with Crippen LogP contribution < -0.4 is 5.32 Å². The van der Waals surface area contributed by atoms with E-state index in [4.69, 9.17) is 28.0 Å². The van der Waals surface area contributed by atoms with Crippen LogP contribution in [0.1, 0.15) is 12.8 Å². The van der Waals surface area contributed by atoms with Gasteiger partial charge in [0.2, 0.25) is 5.28 Å². The summed E-state index contributed by atoms with van der Waals surface area (Å²) in [5.74, 6) is 0.672. The molecule has 0 aliphatic carbocycles. The number of rotatable bonds is 3. The lowest BCUT2D eigenvalue weighted by atomic mass is 10.1. The van der Waals surface area contributed by atoms with Gasteiger partial charge < -0.3 is 10.2 Å². The predicted octanol–water partition coefficient (Wildman–Crippen LogP) is 2.22. The molecule has 17 heavy (non-hydrogen) atoms. The van der Waals surface area contributed by atoms with Gasteiger partial charge in [-0.2, -0.15) is 5.06 Å². The van der Waals surface area contributed by atoms with Gasteiger partial charge in [-0.25, -0.2) is 9.97 Å². The van der Waals surface area contributed by atoms with Crippen LogP contribution in [-0.4, -0.2) is 41.3 Å². The number of nitrogens with zero attached hydrogens (tertiary/aromatic N) is 3. The maximum atomic E-state index is 5.81. The Balaban J connectivity index is 1.93. The Morgan fingerprint density at radius 3 is 2.65 bits per heavy atom. The summed E-state index contributed by atoms with van der Waals surface area (Å²) in [6.45, 7) is 1.81. The molecule has 5 nitrogen and oxygen atoms in total. The molecule has 0 amide bonds. The molecule has 1 aromatic rings. The molecule has 0 aromatic carbocycles. The first-order chi connectivity index (χ1) is 8.17. The van der Waals surface area contributed by atoms with Gasteiger partial charge in [-0.1, -0.05) is 11.6 Å². The van der Waals surface area contributed by atoms with Crippen molar-refractivity contribution in [3.63, 3.8) is 0 Å². The van der Waals surface area contributed by atoms with Crippen molar-refractivity contribution in [1.82, 2.24) is 15.0 Å². The van der Waals surface area contributed by atoms with Crippen molar-refractivity contribution in [1.29, 1.82) is 0 Å². The Kier molecular flexibility index (Phi) is 4.39. The number of hydroxylamine groups is 2. The summed E-state index contributed by atoms with van der Waals surface area (Å²) in [5.41, 5.74) is 0. The highest BCUT2D eigenvalue weighted by Gasteiger charge is 2.19. The Bertz CT molecular complexity index is 362. The first-order valence-electron chi connectivity index (χ1n) is 5.43. The van der Waals surface area contributed by atoms with Crippen molar-refractivity contribution in [3.8, 4) is 0 Å². The molecule has 0 radical (unpaired) electrons. The van der Waals surface area contributed by atoms with Gasteiger partial charge in [0.15, 0.2) is 0 Å². The second kappa shape index (κ2) is 5.82. The Morgan fingerprint density at radius 1 is 1.35 bits per heavy atom. The molecule has 1 aliphatic rings. The van der Waals surface area contributed by atoms with Crippen molar-refractivity contribution >= 4 is 29.0 Å². The van der Waals surface area contributed by atoms with Crippen LogP contribution in [0, 0.1) is 0 Å². The smallest absolute Gasteiger partial charge is 0.225 e. The van der Waals surface area contributed by atoms with Crippen LogP contribution in [-0.2, 0) is 4.84 Å². The van der Waals surface area contributed by atoms with Crippen LogP contribution in [0.4, 0.5) is 5.82 Å². The quantitative estimate of drug-likeness (QED) is 0.678. The van der Waals surface area contributed by atoms with Crippen molar-refractivity contribution in [2.45, 2.75) is 18.9 Å². The number of piperidine rings is 1. The van der Waals surface area contributed by atoms with Crippen LogP contribution in [0.5, 0.6) is 0 Å². The number of hydrogen-bond donors (Lipinski definition) is 1. The van der Waals surface area contributed by atoms with Gasteiger partial charge in [-0.3, -0.25) is 0 Å². The Labute approximate surface area is 110 Å². The minimum atomic E-state index is 0.161. The average molecular weight is 277 g/mol. The third-order valence-corrected chi connectivity index (χ3v) is 3.09. The summed E-state index contributed by atoms with van der Waals surface area (Å²) in [5, 5.41) is 5.76. The summed E-state index contributed by atoms with van der Waals surface area (Å²) in [6.07, 6.45) is 1.99. The molecule has 2 heterocycles. The van der Waals surface area contributed by atoms with E-state index in [1.807, 2.05) is 5.06 Å². The zero-order chi connectivity index (χ0) is 12.3. The summed E-state index contributed by atoms with van der Waals surface area (Å²) in [4.78, 5) is 13.1. The molecule has 1 N–H and O–H groups in total. The summed E-state index contributed by atoms with van der Waals surface area (Å²) in [7, 11) is 1.69. The topological polar surface area (TPSA) is 50.3 Å². The first kappa shape index (κ1) is 12.8. The lowest BCUT2D eigenvalue weighted by molar-refractivity contribution is -0.142. The second-order valence-electron chi connectivity index (χ2n) is 3.88. The monoisotopic (exact) mass is 276 g/mol. The summed E-state index contributed by atoms with van der Waals surface area (Å²) >= 11 is 11.5. The lowest BCUT2D eigenvalue weighted by Crippen LogP contribution is -2.38. The third kappa shape index (κ3) is 3.67. The zero-order valence-electron chi connectivity index (χ0n) is 9.49. The molecule has 94 valence electrons. The van der Waals surface area contributed by atoms with Crippen LogP contribution in [0.15, 0.2) is 6.07 Å². The molecule has 1 saturated heterocycles. The van der Waals surface area contributed by atoms with E-state index < -0.39 is 0 Å². The third-order valence-electron chi connectivity index (χ3n) is 2.73. The molecule has 2 rings (SSSR count). The van der Waals surface area contributed by atoms with Crippen LogP contribution in [0.2, 0.25) is 10.4 Å². The van der Waals surface area contributed by atoms with Gasteiger partial charge in [0.05, 0.1) is 7.11 Å². The minimum Gasteiger partial charge on any atom is -0.367 e. The van der Waals surface area contributed by atoms with Crippen molar-refractivity contribution in [2.75, 3.05) is 25.5 Å². The van der Waals surface area contributed by atoms with Crippen LogP contribution in [0.3, 0.4) is 0 Å². The average Bonchev–Trinajstić information content (AvgIpc) is 2.28. The fourth-order valence-corrected chi connectivity index (χ4v) is 2.26. The van der Waals surface area contributed by atoms with E-state index in [0.717, 1.165) is 25.9 Å². The van der Waals surface area contributed by atoms with Gasteiger partial charge >= 0.3 is 0 Å². The van der Waals surface area contributed by atoms with E-state index >= 15 is 0 Å². The molecule has 0 unspecified atom stereocenters. The van der Waals surface area contributed by atoms with E-state index in [0.29, 0.717) is 17.0 Å². The number of anilines is 1. The molecule has 1 aliphatic heterocycles. The molecular weight excluding hydrogens is 263 g/mol. The fraction of sp³-hybridized carbons (Fsp3) is 0.600. The molecule has 0 bridgehead atoms. The predicted molar refractivity (Wildman–Crippen MR) is 67.3 cm³/mol. The summed E-state index contributed by atoms with van der Waals surface area (Å²) < 4.78 is 0. The zero-order valence-corrected chi connectivity index (χ0v) is 11.0. The van der Waals surface area contributed by atoms with E-state index in [2.05, 4.69) is 15.3 Å². The van der Waals surface area contributed by atoms with Gasteiger partial charge in [0.25, 0.3) is 0 Å². The first-order valence-corrected chi connectivity index (χ1v) is 6.18. The van der Waals surface area contributed by atoms with Crippen molar-refractivity contribution in [2.24, 2.45) is 0 Å². The number of halogens is 2. The number of nitrogens with one attached hydrogen (secondary N) is 1. The maximum absolute atomic E-state index is 5.81. The maximum Gasteiger partial charge on any atom is 0.225 e. The van der Waals surface area contributed by atoms with Crippen molar-refractivity contribution < 1.29 is 4.84 Å². The van der Waals surface area contributed by atoms with E-state index in [9.17, 15) is 0 Å². The van der Waals surface area contributed by atoms with Gasteiger partial charge in [0.1, 0.15) is 11.0 Å². The summed E-state index contributed by atoms with van der Waals surface area (Å²) in [6, 6.07) is 2.04. The van der Waals surface area contributed by atoms with Crippen molar-refractivity contribution in [3.05, 3.63) is 16.5 Å². The van der Waals surface area contributed by atoms with E-state index in [1.54, 1.807) is 13.2 Å². The molecular formula is C10H14Cl2N4O. The van der Waals surface area contributed by atoms with Crippen LogP contribution in [0.25, 0.3) is 0 Å². The standard InChI is InChI=1S/C10H14Cl2N4O/c1-17-16-4-2-7(3-5-16)13-9-6-8(11)14-10(12)15-9/h6-7H,2-5H2,1H3,(H,13,14,15).